The summed E-state index contributed by atoms with van der Waals surface area (Å²) in [6, 6.07) is 14.4. The van der Waals surface area contributed by atoms with Crippen molar-refractivity contribution >= 4 is 17.6 Å². The first-order valence-corrected chi connectivity index (χ1v) is 10.9. The molecular formula is C26H21F2NO6. The highest BCUT2D eigenvalue weighted by Crippen LogP contribution is 2.52. The molecule has 1 fully saturated rings. The van der Waals surface area contributed by atoms with Crippen molar-refractivity contribution in [2.75, 3.05) is 12.4 Å². The molecule has 2 N–H and O–H groups in total. The Kier molecular flexibility index (Phi) is 5.16. The molecule has 1 aliphatic heterocycles. The van der Waals surface area contributed by atoms with Crippen molar-refractivity contribution < 1.29 is 37.7 Å². The molecule has 1 aliphatic carbocycles. The van der Waals surface area contributed by atoms with Crippen molar-refractivity contribution in [3.63, 3.8) is 0 Å². The van der Waals surface area contributed by atoms with Crippen LogP contribution in [0.2, 0.25) is 0 Å². The molecule has 0 atom stereocenters. The summed E-state index contributed by atoms with van der Waals surface area (Å²) >= 11 is 0. The number of alkyl halides is 2. The molecular weight excluding hydrogens is 460 g/mol. The molecule has 0 radical (unpaired) electrons. The van der Waals surface area contributed by atoms with Gasteiger partial charge in [0.05, 0.1) is 18.1 Å². The zero-order chi connectivity index (χ0) is 25.0. The Morgan fingerprint density at radius 3 is 2.40 bits per heavy atom. The predicted octanol–water partition coefficient (Wildman–Crippen LogP) is 5.36. The number of nitrogens with one attached hydrogen (secondary N) is 1. The van der Waals surface area contributed by atoms with E-state index in [0.29, 0.717) is 35.4 Å². The summed E-state index contributed by atoms with van der Waals surface area (Å²) in [5, 5.41) is 12.2. The van der Waals surface area contributed by atoms with Crippen molar-refractivity contribution in [2.45, 2.75) is 31.5 Å². The fourth-order valence-electron chi connectivity index (χ4n) is 4.31. The number of anilines is 1. The second-order valence-corrected chi connectivity index (χ2v) is 8.62. The van der Waals surface area contributed by atoms with Crippen molar-refractivity contribution in [3.8, 4) is 28.4 Å². The van der Waals surface area contributed by atoms with E-state index in [0.717, 1.165) is 11.1 Å². The second kappa shape index (κ2) is 7.97. The first-order chi connectivity index (χ1) is 16.6. The Morgan fingerprint density at radius 1 is 0.971 bits per heavy atom. The van der Waals surface area contributed by atoms with Gasteiger partial charge in [-0.05, 0) is 78.9 Å². The highest BCUT2D eigenvalue weighted by Gasteiger charge is 2.52. The van der Waals surface area contributed by atoms with E-state index in [-0.39, 0.29) is 23.0 Å². The van der Waals surface area contributed by atoms with E-state index >= 15 is 0 Å². The van der Waals surface area contributed by atoms with E-state index in [4.69, 9.17) is 4.74 Å². The quantitative estimate of drug-likeness (QED) is 0.492. The molecule has 0 unspecified atom stereocenters. The smallest absolute Gasteiger partial charge is 0.496 e. The van der Waals surface area contributed by atoms with E-state index < -0.39 is 17.7 Å². The number of carboxylic acid groups (broad SMARTS) is 1. The number of hydrogen-bond donors (Lipinski definition) is 2. The number of amides is 1. The van der Waals surface area contributed by atoms with Gasteiger partial charge in [-0.2, -0.15) is 0 Å². The van der Waals surface area contributed by atoms with E-state index in [1.165, 1.54) is 31.4 Å². The van der Waals surface area contributed by atoms with Crippen LogP contribution in [0.15, 0.2) is 54.6 Å². The average Bonchev–Trinajstić information content (AvgIpc) is 3.57. The normalized spacial score (nSPS) is 16.5. The van der Waals surface area contributed by atoms with E-state index in [2.05, 4.69) is 14.8 Å². The minimum atomic E-state index is -3.72. The number of ether oxygens (including phenoxy) is 3. The van der Waals surface area contributed by atoms with Gasteiger partial charge in [0.1, 0.15) is 5.75 Å². The fraction of sp³-hybridized carbons (Fsp3) is 0.231. The minimum absolute atomic E-state index is 0.0685. The molecule has 2 aliphatic rings. The number of fused-ring (bicyclic) bond motifs is 1. The Hall–Kier alpha value is -4.14. The number of benzene rings is 3. The van der Waals surface area contributed by atoms with Crippen LogP contribution in [-0.4, -0.2) is 30.4 Å². The van der Waals surface area contributed by atoms with E-state index in [9.17, 15) is 23.5 Å². The minimum Gasteiger partial charge on any atom is -0.496 e. The largest absolute Gasteiger partial charge is 0.586 e. The lowest BCUT2D eigenvalue weighted by Crippen LogP contribution is -2.28. The lowest BCUT2D eigenvalue weighted by atomic mass is 9.94. The molecule has 1 heterocycles. The maximum absolute atomic E-state index is 13.4. The number of methoxy groups -OCH3 is 1. The Bertz CT molecular complexity index is 1370. The van der Waals surface area contributed by atoms with Crippen LogP contribution in [0.5, 0.6) is 17.2 Å². The van der Waals surface area contributed by atoms with Crippen LogP contribution in [0.25, 0.3) is 11.1 Å². The van der Waals surface area contributed by atoms with Crippen LogP contribution in [-0.2, 0) is 10.2 Å². The molecule has 3 aromatic rings. The molecule has 0 spiro atoms. The summed E-state index contributed by atoms with van der Waals surface area (Å²) in [7, 11) is 1.46. The third-order valence-corrected chi connectivity index (χ3v) is 6.37. The summed E-state index contributed by atoms with van der Waals surface area (Å²) < 4.78 is 41.2. The fourth-order valence-corrected chi connectivity index (χ4v) is 4.31. The van der Waals surface area contributed by atoms with Gasteiger partial charge < -0.3 is 24.6 Å². The van der Waals surface area contributed by atoms with Gasteiger partial charge in [0.15, 0.2) is 11.5 Å². The van der Waals surface area contributed by atoms with Gasteiger partial charge in [-0.15, -0.1) is 8.78 Å². The van der Waals surface area contributed by atoms with E-state index in [1.807, 2.05) is 13.0 Å². The summed E-state index contributed by atoms with van der Waals surface area (Å²) in [5.41, 5.74) is 2.73. The first kappa shape index (κ1) is 22.6. The standard InChI is InChI=1S/C26H21F2NO6/c1-14-3-6-17(13-19(14)18-7-4-15(23(30)31)11-21(18)33-2)29-24(32)25(9-10-25)16-5-8-20-22(12-16)35-26(27,28)34-20/h3-8,11-13H,9-10H2,1-2H3,(H,29,32)(H,30,31). The van der Waals surface area contributed by atoms with Gasteiger partial charge in [0.2, 0.25) is 5.91 Å². The van der Waals surface area contributed by atoms with Crippen molar-refractivity contribution in [1.82, 2.24) is 0 Å². The van der Waals surface area contributed by atoms with Crippen LogP contribution in [0.1, 0.15) is 34.3 Å². The number of rotatable bonds is 6. The summed E-state index contributed by atoms with van der Waals surface area (Å²) in [6.07, 6.45) is -2.59. The molecule has 5 rings (SSSR count). The maximum Gasteiger partial charge on any atom is 0.586 e. The topological polar surface area (TPSA) is 94.1 Å². The highest BCUT2D eigenvalue weighted by atomic mass is 19.3. The third kappa shape index (κ3) is 4.03. The molecule has 0 aromatic heterocycles. The van der Waals surface area contributed by atoms with Crippen molar-refractivity contribution in [1.29, 1.82) is 0 Å². The lowest BCUT2D eigenvalue weighted by Gasteiger charge is -2.18. The number of carbonyl (C=O) groups excluding carboxylic acids is 1. The number of aryl methyl sites for hydroxylation is 1. The number of aromatic carboxylic acids is 1. The highest BCUT2D eigenvalue weighted by molar-refractivity contribution is 6.02. The van der Waals surface area contributed by atoms with Gasteiger partial charge in [0, 0.05) is 11.3 Å². The lowest BCUT2D eigenvalue weighted by molar-refractivity contribution is -0.286. The molecule has 7 nitrogen and oxygen atoms in total. The zero-order valence-corrected chi connectivity index (χ0v) is 18.9. The van der Waals surface area contributed by atoms with Gasteiger partial charge in [-0.3, -0.25) is 4.79 Å². The SMILES string of the molecule is COc1cc(C(=O)O)ccc1-c1cc(NC(=O)C2(c3ccc4c(c3)OC(F)(F)O4)CC2)ccc1C. The maximum atomic E-state index is 13.4. The number of hydrogen-bond acceptors (Lipinski definition) is 5. The molecule has 3 aromatic carbocycles. The first-order valence-electron chi connectivity index (χ1n) is 10.9. The Balaban J connectivity index is 1.42. The molecule has 0 bridgehead atoms. The van der Waals surface area contributed by atoms with Crippen LogP contribution < -0.4 is 19.5 Å². The van der Waals surface area contributed by atoms with Crippen molar-refractivity contribution in [3.05, 3.63) is 71.3 Å². The number of carbonyl (C=O) groups is 2. The molecule has 9 heteroatoms. The third-order valence-electron chi connectivity index (χ3n) is 6.37. The van der Waals surface area contributed by atoms with Crippen molar-refractivity contribution in [2.24, 2.45) is 0 Å². The summed E-state index contributed by atoms with van der Waals surface area (Å²) in [4.78, 5) is 24.6. The predicted molar refractivity (Wildman–Crippen MR) is 122 cm³/mol. The second-order valence-electron chi connectivity index (χ2n) is 8.62. The molecule has 1 saturated carbocycles. The summed E-state index contributed by atoms with van der Waals surface area (Å²) in [6.45, 7) is 1.90. The van der Waals surface area contributed by atoms with Crippen LogP contribution in [0.4, 0.5) is 14.5 Å². The average molecular weight is 481 g/mol. The molecule has 180 valence electrons. The van der Waals surface area contributed by atoms with Gasteiger partial charge in [-0.25, -0.2) is 4.79 Å². The van der Waals surface area contributed by atoms with Gasteiger partial charge in [-0.1, -0.05) is 12.1 Å². The Labute approximate surface area is 199 Å². The molecule has 1 amide bonds. The van der Waals surface area contributed by atoms with Gasteiger partial charge in [0.25, 0.3) is 0 Å². The van der Waals surface area contributed by atoms with E-state index in [1.54, 1.807) is 24.3 Å². The monoisotopic (exact) mass is 481 g/mol. The molecule has 35 heavy (non-hydrogen) atoms. The van der Waals surface area contributed by atoms with Crippen LogP contribution in [0, 0.1) is 6.92 Å². The summed E-state index contributed by atoms with van der Waals surface area (Å²) in [5.74, 6) is -1.09. The van der Waals surface area contributed by atoms with Crippen LogP contribution >= 0.6 is 0 Å². The Morgan fingerprint density at radius 2 is 1.71 bits per heavy atom. The number of carboxylic acids is 1. The number of halogens is 2. The molecule has 0 saturated heterocycles. The zero-order valence-electron chi connectivity index (χ0n) is 18.9. The van der Waals surface area contributed by atoms with Crippen LogP contribution in [0.3, 0.4) is 0 Å². The van der Waals surface area contributed by atoms with Gasteiger partial charge >= 0.3 is 12.3 Å².